The van der Waals surface area contributed by atoms with Crippen molar-refractivity contribution in [3.05, 3.63) is 51.2 Å². The van der Waals surface area contributed by atoms with E-state index in [1.807, 2.05) is 0 Å². The van der Waals surface area contributed by atoms with Crippen LogP contribution in [0.1, 0.15) is 34.9 Å². The summed E-state index contributed by atoms with van der Waals surface area (Å²) in [6.45, 7) is -0.462. The van der Waals surface area contributed by atoms with Gasteiger partial charge in [0.05, 0.1) is 21.6 Å². The lowest BCUT2D eigenvalue weighted by Crippen LogP contribution is -2.29. The van der Waals surface area contributed by atoms with Crippen LogP contribution in [-0.2, 0) is 16.4 Å². The van der Waals surface area contributed by atoms with Crippen LogP contribution in [0.4, 0.5) is 8.78 Å². The lowest BCUT2D eigenvalue weighted by atomic mass is 9.98. The Kier molecular flexibility index (Phi) is 5.37. The van der Waals surface area contributed by atoms with E-state index in [1.54, 1.807) is 0 Å². The number of fused-ring (bicyclic) bond motifs is 1. The Bertz CT molecular complexity index is 957. The number of rotatable bonds is 5. The van der Waals surface area contributed by atoms with Crippen LogP contribution in [0.2, 0.25) is 0 Å². The van der Waals surface area contributed by atoms with E-state index >= 15 is 0 Å². The minimum absolute atomic E-state index is 0.0603. The maximum atomic E-state index is 13.7. The topological polar surface area (TPSA) is 99.0 Å². The van der Waals surface area contributed by atoms with Crippen molar-refractivity contribution in [3.8, 4) is 0 Å². The molecule has 0 amide bonds. The Balaban J connectivity index is 1.79. The molecule has 0 aliphatic heterocycles. The van der Waals surface area contributed by atoms with Crippen LogP contribution in [0.15, 0.2) is 33.6 Å². The van der Waals surface area contributed by atoms with Gasteiger partial charge in [-0.1, -0.05) is 11.2 Å². The second-order valence-corrected chi connectivity index (χ2v) is 8.46. The molecule has 1 aromatic carbocycles. The molecule has 0 fully saturated rings. The molecule has 0 saturated carbocycles. The van der Waals surface area contributed by atoms with Gasteiger partial charge in [0.15, 0.2) is 0 Å². The van der Waals surface area contributed by atoms with Crippen LogP contribution >= 0.6 is 11.3 Å². The summed E-state index contributed by atoms with van der Waals surface area (Å²) >= 11 is 1.17. The number of aliphatic hydroxyl groups is 1. The van der Waals surface area contributed by atoms with Crippen LogP contribution < -0.4 is 4.72 Å². The number of oxime groups is 1. The van der Waals surface area contributed by atoms with Gasteiger partial charge in [-0.25, -0.2) is 21.9 Å². The summed E-state index contributed by atoms with van der Waals surface area (Å²) in [5.74, 6) is -1.74. The standard InChI is InChI=1S/C16H16F2N2O4S2/c17-9-4-5-10(12(18)6-9)14(21)7-19-26(23,24)15-8-25-16-11(15)2-1-3-13(16)20-22/h4-6,8,14,19,21-22H,1-3,7H2/b20-13-. The van der Waals surface area contributed by atoms with Gasteiger partial charge in [-0.15, -0.1) is 11.3 Å². The summed E-state index contributed by atoms with van der Waals surface area (Å²) in [5.41, 5.74) is 0.825. The number of halogens is 2. The number of nitrogens with one attached hydrogen (secondary N) is 1. The fourth-order valence-corrected chi connectivity index (χ4v) is 5.64. The zero-order valence-electron chi connectivity index (χ0n) is 13.4. The Morgan fingerprint density at radius 1 is 1.31 bits per heavy atom. The summed E-state index contributed by atoms with van der Waals surface area (Å²) in [7, 11) is -3.95. The molecule has 1 aliphatic rings. The van der Waals surface area contributed by atoms with Gasteiger partial charge in [0.1, 0.15) is 11.6 Å². The van der Waals surface area contributed by atoms with Crippen molar-refractivity contribution >= 4 is 27.1 Å². The molecule has 10 heteroatoms. The first kappa shape index (κ1) is 18.9. The summed E-state index contributed by atoms with van der Waals surface area (Å²) in [6, 6.07) is 2.68. The van der Waals surface area contributed by atoms with Crippen LogP contribution in [0.3, 0.4) is 0 Å². The number of hydrogen-bond donors (Lipinski definition) is 3. The smallest absolute Gasteiger partial charge is 0.241 e. The molecule has 1 heterocycles. The zero-order valence-corrected chi connectivity index (χ0v) is 15.1. The number of benzene rings is 1. The highest BCUT2D eigenvalue weighted by atomic mass is 32.2. The highest BCUT2D eigenvalue weighted by Gasteiger charge is 2.28. The molecule has 2 aromatic rings. The van der Waals surface area contributed by atoms with Crippen molar-refractivity contribution in [2.45, 2.75) is 30.3 Å². The fourth-order valence-electron chi connectivity index (χ4n) is 2.86. The normalized spacial score (nSPS) is 17.3. The number of thiophene rings is 1. The third-order valence-electron chi connectivity index (χ3n) is 4.16. The summed E-state index contributed by atoms with van der Waals surface area (Å²) in [5, 5.41) is 23.7. The van der Waals surface area contributed by atoms with E-state index in [9.17, 15) is 22.3 Å². The average molecular weight is 402 g/mol. The third kappa shape index (κ3) is 3.63. The van der Waals surface area contributed by atoms with Gasteiger partial charge < -0.3 is 10.3 Å². The monoisotopic (exact) mass is 402 g/mol. The lowest BCUT2D eigenvalue weighted by molar-refractivity contribution is 0.177. The minimum Gasteiger partial charge on any atom is -0.411 e. The molecule has 6 nitrogen and oxygen atoms in total. The predicted molar refractivity (Wildman–Crippen MR) is 92.1 cm³/mol. The van der Waals surface area contributed by atoms with Crippen LogP contribution in [0, 0.1) is 11.6 Å². The highest BCUT2D eigenvalue weighted by Crippen LogP contribution is 2.33. The van der Waals surface area contributed by atoms with Crippen molar-refractivity contribution in [3.63, 3.8) is 0 Å². The maximum Gasteiger partial charge on any atom is 0.241 e. The third-order valence-corrected chi connectivity index (χ3v) is 6.87. The fraction of sp³-hybridized carbons (Fsp3) is 0.312. The molecule has 0 spiro atoms. The quantitative estimate of drug-likeness (QED) is 0.529. The Morgan fingerprint density at radius 3 is 2.77 bits per heavy atom. The summed E-state index contributed by atoms with van der Waals surface area (Å²) < 4.78 is 54.0. The molecule has 3 rings (SSSR count). The number of sulfonamides is 1. The van der Waals surface area contributed by atoms with Crippen molar-refractivity contribution in [1.29, 1.82) is 0 Å². The molecule has 0 radical (unpaired) electrons. The molecule has 0 bridgehead atoms. The second-order valence-electron chi connectivity index (χ2n) is 5.84. The van der Waals surface area contributed by atoms with Crippen molar-refractivity contribution in [2.24, 2.45) is 5.16 Å². The largest absolute Gasteiger partial charge is 0.411 e. The van der Waals surface area contributed by atoms with Gasteiger partial charge in [-0.3, -0.25) is 0 Å². The Labute approximate surface area is 152 Å². The zero-order chi connectivity index (χ0) is 18.9. The number of hydrogen-bond acceptors (Lipinski definition) is 6. The van der Waals surface area contributed by atoms with Gasteiger partial charge in [-0.2, -0.15) is 0 Å². The molecule has 1 unspecified atom stereocenters. The van der Waals surface area contributed by atoms with Gasteiger partial charge >= 0.3 is 0 Å². The average Bonchev–Trinajstić information content (AvgIpc) is 3.04. The predicted octanol–water partition coefficient (Wildman–Crippen LogP) is 2.55. The molecule has 140 valence electrons. The molecule has 1 atom stereocenters. The first-order chi connectivity index (χ1) is 12.3. The Hall–Kier alpha value is -1.88. The maximum absolute atomic E-state index is 13.7. The minimum atomic E-state index is -3.95. The Morgan fingerprint density at radius 2 is 2.08 bits per heavy atom. The van der Waals surface area contributed by atoms with Crippen LogP contribution in [-0.4, -0.2) is 31.0 Å². The van der Waals surface area contributed by atoms with Crippen LogP contribution in [0.25, 0.3) is 0 Å². The molecule has 1 aliphatic carbocycles. The molecule has 1 aromatic heterocycles. The van der Waals surface area contributed by atoms with Gasteiger partial charge in [0, 0.05) is 23.6 Å². The van der Waals surface area contributed by atoms with E-state index < -0.39 is 34.3 Å². The summed E-state index contributed by atoms with van der Waals surface area (Å²) in [4.78, 5) is 0.689. The van der Waals surface area contributed by atoms with Crippen molar-refractivity contribution < 1.29 is 27.5 Å². The van der Waals surface area contributed by atoms with Crippen molar-refractivity contribution in [2.75, 3.05) is 6.54 Å². The molecule has 26 heavy (non-hydrogen) atoms. The molecular formula is C16H16F2N2O4S2. The van der Waals surface area contributed by atoms with E-state index in [4.69, 9.17) is 5.21 Å². The molecule has 3 N–H and O–H groups in total. The van der Waals surface area contributed by atoms with Crippen molar-refractivity contribution in [1.82, 2.24) is 4.72 Å². The highest BCUT2D eigenvalue weighted by molar-refractivity contribution is 7.89. The second kappa shape index (κ2) is 7.39. The van der Waals surface area contributed by atoms with E-state index in [0.29, 0.717) is 41.5 Å². The summed E-state index contributed by atoms with van der Waals surface area (Å²) in [6.07, 6.45) is 0.298. The van der Waals surface area contributed by atoms with Gasteiger partial charge in [0.2, 0.25) is 10.0 Å². The SMILES string of the molecule is O=S(=O)(NCC(O)c1ccc(F)cc1F)c1csc2c1CCC/C2=N/O. The van der Waals surface area contributed by atoms with Gasteiger partial charge in [0.25, 0.3) is 0 Å². The molecular weight excluding hydrogens is 386 g/mol. The van der Waals surface area contributed by atoms with E-state index in [-0.39, 0.29) is 10.5 Å². The van der Waals surface area contributed by atoms with E-state index in [1.165, 1.54) is 16.7 Å². The van der Waals surface area contributed by atoms with Crippen LogP contribution in [0.5, 0.6) is 0 Å². The molecule has 0 saturated heterocycles. The number of aliphatic hydroxyl groups excluding tert-OH is 1. The van der Waals surface area contributed by atoms with Gasteiger partial charge in [-0.05, 0) is 30.9 Å². The first-order valence-corrected chi connectivity index (χ1v) is 10.1. The lowest BCUT2D eigenvalue weighted by Gasteiger charge is -2.16. The number of nitrogens with zero attached hydrogens (tertiary/aromatic N) is 1. The first-order valence-electron chi connectivity index (χ1n) is 7.78. The van der Waals surface area contributed by atoms with E-state index in [0.717, 1.165) is 12.1 Å². The van der Waals surface area contributed by atoms with E-state index in [2.05, 4.69) is 9.88 Å².